The third-order valence-corrected chi connectivity index (χ3v) is 12.7. The van der Waals surface area contributed by atoms with E-state index in [1.165, 1.54) is 19.4 Å². The minimum absolute atomic E-state index is 0.0192. The van der Waals surface area contributed by atoms with Crippen molar-refractivity contribution >= 4 is 23.9 Å². The van der Waals surface area contributed by atoms with Crippen molar-refractivity contribution in [3.05, 3.63) is 11.6 Å². The van der Waals surface area contributed by atoms with Gasteiger partial charge in [-0.15, -0.1) is 0 Å². The van der Waals surface area contributed by atoms with Crippen LogP contribution in [-0.4, -0.2) is 59.5 Å². The first-order chi connectivity index (χ1) is 19.9. The molecule has 0 radical (unpaired) electrons. The van der Waals surface area contributed by atoms with E-state index in [0.29, 0.717) is 12.8 Å². The molecule has 3 saturated heterocycles. The molecule has 5 fully saturated rings. The lowest BCUT2D eigenvalue weighted by atomic mass is 9.39. The zero-order chi connectivity index (χ0) is 31.5. The van der Waals surface area contributed by atoms with Crippen LogP contribution in [0.1, 0.15) is 101 Å². The minimum Gasteiger partial charge on any atom is -0.462 e. The van der Waals surface area contributed by atoms with E-state index in [1.54, 1.807) is 0 Å². The highest BCUT2D eigenvalue weighted by Crippen LogP contribution is 2.73. The number of esters is 4. The van der Waals surface area contributed by atoms with Gasteiger partial charge in [0.1, 0.15) is 30.0 Å². The molecule has 9 heteroatoms. The van der Waals surface area contributed by atoms with Gasteiger partial charge in [-0.3, -0.25) is 19.2 Å². The Morgan fingerprint density at radius 1 is 0.884 bits per heavy atom. The van der Waals surface area contributed by atoms with E-state index < -0.39 is 40.6 Å². The molecule has 2 unspecified atom stereocenters. The first-order valence-electron chi connectivity index (χ1n) is 16.0. The average molecular weight is 601 g/mol. The number of fused-ring (bicyclic) bond motifs is 5. The van der Waals surface area contributed by atoms with Gasteiger partial charge in [-0.05, 0) is 70.6 Å². The van der Waals surface area contributed by atoms with Gasteiger partial charge < -0.3 is 23.7 Å². The molecule has 0 aromatic carbocycles. The van der Waals surface area contributed by atoms with Crippen LogP contribution in [-0.2, 0) is 42.9 Å². The monoisotopic (exact) mass is 600 g/mol. The van der Waals surface area contributed by atoms with Crippen LogP contribution >= 0.6 is 0 Å². The summed E-state index contributed by atoms with van der Waals surface area (Å²) >= 11 is 0. The maximum atomic E-state index is 13.4. The topological polar surface area (TPSA) is 118 Å². The Kier molecular flexibility index (Phi) is 6.79. The van der Waals surface area contributed by atoms with Gasteiger partial charge in [0, 0.05) is 37.0 Å². The molecule has 9 nitrogen and oxygen atoms in total. The molecule has 0 aromatic heterocycles. The van der Waals surface area contributed by atoms with Crippen LogP contribution in [0.4, 0.5) is 0 Å². The Hall–Kier alpha value is -2.42. The summed E-state index contributed by atoms with van der Waals surface area (Å²) in [5.41, 5.74) is -1.48. The maximum absolute atomic E-state index is 13.4. The van der Waals surface area contributed by atoms with Crippen molar-refractivity contribution in [1.82, 2.24) is 0 Å². The second kappa shape index (κ2) is 9.54. The van der Waals surface area contributed by atoms with Crippen molar-refractivity contribution in [3.8, 4) is 0 Å². The number of hydrogen-bond acceptors (Lipinski definition) is 9. The van der Waals surface area contributed by atoms with Crippen molar-refractivity contribution in [2.75, 3.05) is 0 Å². The Bertz CT molecular complexity index is 1280. The number of rotatable bonds is 4. The summed E-state index contributed by atoms with van der Waals surface area (Å²) in [5.74, 6) is -1.81. The normalized spacial score (nSPS) is 47.5. The summed E-state index contributed by atoms with van der Waals surface area (Å²) in [6.07, 6.45) is 4.24. The zero-order valence-corrected chi connectivity index (χ0v) is 27.1. The van der Waals surface area contributed by atoms with Crippen molar-refractivity contribution in [2.24, 2.45) is 39.9 Å². The molecular weight excluding hydrogens is 552 g/mol. The van der Waals surface area contributed by atoms with E-state index in [1.807, 2.05) is 27.7 Å². The molecule has 6 aliphatic rings. The molecule has 238 valence electrons. The molecule has 3 aliphatic heterocycles. The predicted octanol–water partition coefficient (Wildman–Crippen LogP) is 5.08. The molecule has 3 heterocycles. The van der Waals surface area contributed by atoms with Crippen LogP contribution in [0.25, 0.3) is 0 Å². The van der Waals surface area contributed by atoms with Crippen LogP contribution in [0.15, 0.2) is 11.6 Å². The maximum Gasteiger partial charge on any atom is 0.310 e. The minimum atomic E-state index is -0.866. The number of epoxide rings is 1. The van der Waals surface area contributed by atoms with E-state index in [2.05, 4.69) is 26.8 Å². The highest BCUT2D eigenvalue weighted by molar-refractivity contribution is 5.76. The highest BCUT2D eigenvalue weighted by atomic mass is 16.6. The summed E-state index contributed by atoms with van der Waals surface area (Å²) in [7, 11) is 0. The molecule has 0 aromatic rings. The first-order valence-corrected chi connectivity index (χ1v) is 16.0. The molecule has 0 bridgehead atoms. The lowest BCUT2D eigenvalue weighted by Crippen LogP contribution is -2.67. The van der Waals surface area contributed by atoms with Gasteiger partial charge in [-0.2, -0.15) is 0 Å². The molecule has 0 N–H and O–H groups in total. The quantitative estimate of drug-likeness (QED) is 0.188. The lowest BCUT2D eigenvalue weighted by molar-refractivity contribution is -0.227. The van der Waals surface area contributed by atoms with E-state index >= 15 is 0 Å². The Labute approximate surface area is 254 Å². The second-order valence-corrected chi connectivity index (χ2v) is 15.8. The molecule has 43 heavy (non-hydrogen) atoms. The van der Waals surface area contributed by atoms with Gasteiger partial charge in [0.2, 0.25) is 0 Å². The summed E-state index contributed by atoms with van der Waals surface area (Å²) in [5, 5.41) is 0. The Morgan fingerprint density at radius 2 is 1.51 bits per heavy atom. The van der Waals surface area contributed by atoms with Gasteiger partial charge in [-0.1, -0.05) is 32.4 Å². The predicted molar refractivity (Wildman–Crippen MR) is 154 cm³/mol. The fraction of sp³-hybridized carbons (Fsp3) is 0.824. The average Bonchev–Trinajstić information content (AvgIpc) is 3.18. The van der Waals surface area contributed by atoms with Crippen LogP contribution < -0.4 is 0 Å². The van der Waals surface area contributed by atoms with Crippen molar-refractivity contribution < 1.29 is 42.9 Å². The zero-order valence-electron chi connectivity index (χ0n) is 27.1. The number of ether oxygens (including phenoxy) is 5. The van der Waals surface area contributed by atoms with E-state index in [9.17, 15) is 19.2 Å². The Morgan fingerprint density at radius 3 is 2.12 bits per heavy atom. The summed E-state index contributed by atoms with van der Waals surface area (Å²) in [4.78, 5) is 51.5. The van der Waals surface area contributed by atoms with E-state index in [0.717, 1.165) is 19.3 Å². The van der Waals surface area contributed by atoms with Crippen LogP contribution in [0.2, 0.25) is 0 Å². The molecule has 0 amide bonds. The van der Waals surface area contributed by atoms with Crippen molar-refractivity contribution in [2.45, 2.75) is 136 Å². The SMILES string of the molecule is CC(=O)O[C@H]1CC(=O)OC(C)(C)[C@@H]2C[C@@H](OC(C)=O)[C@@]3(C)C4=CC[C@@H]([C@@H]5CC(C6OC6(C)C)OC5=O)[C@]4(C)CC[C@@H]3[C@@]12C. The molecule has 6 rings (SSSR count). The first kappa shape index (κ1) is 30.6. The standard InChI is InChI=1S/C34H48O9/c1-17(35)39-25-15-24-30(3,4)42-27(37)16-26(40-18(2)36)34(24,9)23-12-13-32(7)20(10-11-22(32)33(23,25)8)19-14-21(41-29(19)38)28-31(5,6)43-28/h11,19-21,23-26,28H,10,12-16H2,1-9H3/t19-,20-,21?,23-,24-,25+,26-,28?,32-,33-,34+/m0/s1. The fourth-order valence-electron chi connectivity index (χ4n) is 10.9. The van der Waals surface area contributed by atoms with Crippen molar-refractivity contribution in [3.63, 3.8) is 0 Å². The molecular formula is C34H48O9. The number of carbonyl (C=O) groups is 4. The highest BCUT2D eigenvalue weighted by Gasteiger charge is 2.72. The molecule has 3 aliphatic carbocycles. The summed E-state index contributed by atoms with van der Waals surface area (Å²) in [6, 6.07) is 0. The number of cyclic esters (lactones) is 2. The molecule has 11 atom stereocenters. The van der Waals surface area contributed by atoms with Crippen molar-refractivity contribution in [1.29, 1.82) is 0 Å². The third-order valence-electron chi connectivity index (χ3n) is 12.7. The van der Waals surface area contributed by atoms with Crippen LogP contribution in [0.3, 0.4) is 0 Å². The Balaban J connectivity index is 1.41. The number of allylic oxidation sites excluding steroid dienone is 1. The van der Waals surface area contributed by atoms with E-state index in [-0.39, 0.29) is 65.3 Å². The van der Waals surface area contributed by atoms with Gasteiger partial charge in [0.05, 0.1) is 17.9 Å². The fourth-order valence-corrected chi connectivity index (χ4v) is 10.9. The number of carbonyl (C=O) groups excluding carboxylic acids is 4. The van der Waals surface area contributed by atoms with Gasteiger partial charge in [-0.25, -0.2) is 0 Å². The largest absolute Gasteiger partial charge is 0.462 e. The summed E-state index contributed by atoms with van der Waals surface area (Å²) in [6.45, 7) is 17.3. The third kappa shape index (κ3) is 4.41. The van der Waals surface area contributed by atoms with Gasteiger partial charge in [0.15, 0.2) is 0 Å². The second-order valence-electron chi connectivity index (χ2n) is 15.8. The van der Waals surface area contributed by atoms with Crippen LogP contribution in [0, 0.1) is 39.9 Å². The smallest absolute Gasteiger partial charge is 0.310 e. The van der Waals surface area contributed by atoms with Gasteiger partial charge >= 0.3 is 23.9 Å². The summed E-state index contributed by atoms with van der Waals surface area (Å²) < 4.78 is 30.0. The van der Waals surface area contributed by atoms with E-state index in [4.69, 9.17) is 23.7 Å². The van der Waals surface area contributed by atoms with Gasteiger partial charge in [0.25, 0.3) is 0 Å². The molecule has 0 spiro atoms. The lowest BCUT2D eigenvalue weighted by Gasteiger charge is -2.66. The number of hydrogen-bond donors (Lipinski definition) is 0. The molecule has 2 saturated carbocycles. The van der Waals surface area contributed by atoms with Crippen LogP contribution in [0.5, 0.6) is 0 Å².